The highest BCUT2D eigenvalue weighted by Crippen LogP contribution is 2.46. The highest BCUT2D eigenvalue weighted by atomic mass is 35.5. The molecule has 0 unspecified atom stereocenters. The highest BCUT2D eigenvalue weighted by Gasteiger charge is 2.46. The van der Waals surface area contributed by atoms with Crippen molar-refractivity contribution in [1.82, 2.24) is 20.0 Å². The molecule has 0 bridgehead atoms. The minimum Gasteiger partial charge on any atom is -0.478 e. The zero-order chi connectivity index (χ0) is 24.7. The van der Waals surface area contributed by atoms with Gasteiger partial charge in [0.2, 0.25) is 0 Å². The van der Waals surface area contributed by atoms with Crippen molar-refractivity contribution in [1.29, 1.82) is 0 Å². The minimum atomic E-state index is -1.03. The van der Waals surface area contributed by atoms with Crippen molar-refractivity contribution < 1.29 is 23.9 Å². The van der Waals surface area contributed by atoms with E-state index < -0.39 is 23.4 Å². The van der Waals surface area contributed by atoms with Crippen molar-refractivity contribution in [3.05, 3.63) is 81.9 Å². The summed E-state index contributed by atoms with van der Waals surface area (Å²) >= 11 is 5.79. The molecule has 1 saturated carbocycles. The molecule has 0 radical (unpaired) electrons. The Morgan fingerprint density at radius 3 is 2.63 bits per heavy atom. The van der Waals surface area contributed by atoms with E-state index >= 15 is 0 Å². The van der Waals surface area contributed by atoms with Crippen molar-refractivity contribution in [3.63, 3.8) is 0 Å². The summed E-state index contributed by atoms with van der Waals surface area (Å²) in [5, 5.41) is 19.2. The van der Waals surface area contributed by atoms with Gasteiger partial charge in [-0.1, -0.05) is 23.7 Å². The predicted octanol–water partition coefficient (Wildman–Crippen LogP) is 3.84. The number of aromatic carboxylic acids is 1. The molecule has 1 fully saturated rings. The standard InChI is InChI=1S/C24H21ClFN5O4/c25-18-11-16(4-5-19(18)26)28-23(35)30-8-9-31-20(13-30)17(12-27-31)21(32)29-24(6-7-24)15-3-1-2-14(10-15)22(33)34/h1-5,10-12H,6-9,13H2,(H,28,35)(H,29,32)(H,33,34). The number of fused-ring (bicyclic) bond motifs is 1. The van der Waals surface area contributed by atoms with Crippen LogP contribution >= 0.6 is 11.6 Å². The number of anilines is 1. The van der Waals surface area contributed by atoms with Gasteiger partial charge >= 0.3 is 12.0 Å². The second-order valence-corrected chi connectivity index (χ2v) is 9.04. The molecule has 180 valence electrons. The summed E-state index contributed by atoms with van der Waals surface area (Å²) in [6.07, 6.45) is 2.87. The molecule has 0 saturated heterocycles. The number of benzene rings is 2. The van der Waals surface area contributed by atoms with Gasteiger partial charge in [0.15, 0.2) is 0 Å². The van der Waals surface area contributed by atoms with Crippen molar-refractivity contribution in [2.75, 3.05) is 11.9 Å². The van der Waals surface area contributed by atoms with Crippen LogP contribution in [0.25, 0.3) is 0 Å². The van der Waals surface area contributed by atoms with Gasteiger partial charge in [-0.2, -0.15) is 5.10 Å². The number of halogens is 2. The van der Waals surface area contributed by atoms with Crippen molar-refractivity contribution >= 4 is 35.2 Å². The largest absolute Gasteiger partial charge is 0.478 e. The molecule has 2 aliphatic rings. The van der Waals surface area contributed by atoms with Crippen LogP contribution in [0.4, 0.5) is 14.9 Å². The van der Waals surface area contributed by atoms with Crippen LogP contribution in [0.15, 0.2) is 48.7 Å². The van der Waals surface area contributed by atoms with Crippen LogP contribution in [0, 0.1) is 5.82 Å². The number of rotatable bonds is 5. The van der Waals surface area contributed by atoms with E-state index in [9.17, 15) is 23.9 Å². The first-order chi connectivity index (χ1) is 16.8. The number of aromatic nitrogens is 2. The molecule has 0 atom stereocenters. The summed E-state index contributed by atoms with van der Waals surface area (Å²) in [6.45, 7) is 0.944. The van der Waals surface area contributed by atoms with Gasteiger partial charge in [0.25, 0.3) is 5.91 Å². The fourth-order valence-electron chi connectivity index (χ4n) is 4.23. The summed E-state index contributed by atoms with van der Waals surface area (Å²) < 4.78 is 15.1. The molecule has 3 aromatic rings. The molecule has 3 amide bonds. The van der Waals surface area contributed by atoms with E-state index in [4.69, 9.17) is 11.6 Å². The number of carboxylic acids is 1. The van der Waals surface area contributed by atoms with E-state index in [0.717, 1.165) is 5.56 Å². The first kappa shape index (κ1) is 22.9. The van der Waals surface area contributed by atoms with Gasteiger partial charge < -0.3 is 20.6 Å². The maximum Gasteiger partial charge on any atom is 0.335 e. The maximum absolute atomic E-state index is 13.4. The lowest BCUT2D eigenvalue weighted by molar-refractivity contribution is 0.0696. The Morgan fingerprint density at radius 1 is 1.11 bits per heavy atom. The number of carboxylic acid groups (broad SMARTS) is 1. The van der Waals surface area contributed by atoms with Crippen LogP contribution in [-0.4, -0.2) is 44.2 Å². The van der Waals surface area contributed by atoms with Crippen LogP contribution in [0.2, 0.25) is 5.02 Å². The monoisotopic (exact) mass is 497 g/mol. The fraction of sp³-hybridized carbons (Fsp3) is 0.250. The molecule has 2 heterocycles. The topological polar surface area (TPSA) is 117 Å². The molecule has 5 rings (SSSR count). The van der Waals surface area contributed by atoms with Crippen LogP contribution in [0.1, 0.15) is 44.8 Å². The summed E-state index contributed by atoms with van der Waals surface area (Å²) in [7, 11) is 0. The average Bonchev–Trinajstić information content (AvgIpc) is 3.50. The van der Waals surface area contributed by atoms with E-state index in [1.807, 2.05) is 0 Å². The van der Waals surface area contributed by atoms with Gasteiger partial charge in [0, 0.05) is 12.2 Å². The number of nitrogens with one attached hydrogen (secondary N) is 2. The Bertz CT molecular complexity index is 1350. The molecule has 1 aromatic heterocycles. The zero-order valence-corrected chi connectivity index (χ0v) is 19.2. The molecule has 0 spiro atoms. The third-order valence-electron chi connectivity index (χ3n) is 6.34. The van der Waals surface area contributed by atoms with E-state index in [2.05, 4.69) is 15.7 Å². The normalized spacial score (nSPS) is 15.8. The number of hydrogen-bond acceptors (Lipinski definition) is 4. The molecule has 2 aromatic carbocycles. The maximum atomic E-state index is 13.4. The van der Waals surface area contributed by atoms with Crippen molar-refractivity contribution in [2.24, 2.45) is 0 Å². The fourth-order valence-corrected chi connectivity index (χ4v) is 4.41. The lowest BCUT2D eigenvalue weighted by Crippen LogP contribution is -2.42. The lowest BCUT2D eigenvalue weighted by atomic mass is 10.0. The highest BCUT2D eigenvalue weighted by molar-refractivity contribution is 6.31. The van der Waals surface area contributed by atoms with Gasteiger partial charge in [0.05, 0.1) is 46.7 Å². The Hall–Kier alpha value is -3.92. The second kappa shape index (κ2) is 8.70. The summed E-state index contributed by atoms with van der Waals surface area (Å²) in [4.78, 5) is 38.9. The van der Waals surface area contributed by atoms with Gasteiger partial charge in [-0.05, 0) is 48.7 Å². The summed E-state index contributed by atoms with van der Waals surface area (Å²) in [6, 6.07) is 10.1. The molecule has 1 aliphatic heterocycles. The van der Waals surface area contributed by atoms with Gasteiger partial charge in [0.1, 0.15) is 5.82 Å². The minimum absolute atomic E-state index is 0.0959. The molecule has 3 N–H and O–H groups in total. The van der Waals surface area contributed by atoms with Crippen molar-refractivity contribution in [3.8, 4) is 0 Å². The Kier molecular flexibility index (Phi) is 5.68. The molecule has 9 nitrogen and oxygen atoms in total. The average molecular weight is 498 g/mol. The van der Waals surface area contributed by atoms with Gasteiger partial charge in [-0.15, -0.1) is 0 Å². The van der Waals surface area contributed by atoms with E-state index in [-0.39, 0.29) is 23.0 Å². The predicted molar refractivity (Wildman–Crippen MR) is 125 cm³/mol. The number of amides is 3. The Morgan fingerprint density at radius 2 is 1.91 bits per heavy atom. The second-order valence-electron chi connectivity index (χ2n) is 8.63. The third-order valence-corrected chi connectivity index (χ3v) is 6.63. The quantitative estimate of drug-likeness (QED) is 0.495. The number of carbonyl (C=O) groups excluding carboxylic acids is 2. The van der Waals surface area contributed by atoms with Crippen molar-refractivity contribution in [2.45, 2.75) is 31.5 Å². The van der Waals surface area contributed by atoms with Crippen LogP contribution in [0.3, 0.4) is 0 Å². The number of nitrogens with zero attached hydrogens (tertiary/aromatic N) is 3. The number of urea groups is 1. The number of hydrogen-bond donors (Lipinski definition) is 3. The summed E-state index contributed by atoms with van der Waals surface area (Å²) in [5.41, 5.74) is 1.59. The smallest absolute Gasteiger partial charge is 0.335 e. The van der Waals surface area contributed by atoms with Crippen LogP contribution < -0.4 is 10.6 Å². The lowest BCUT2D eigenvalue weighted by Gasteiger charge is -2.28. The van der Waals surface area contributed by atoms with E-state index in [1.165, 1.54) is 35.4 Å². The van der Waals surface area contributed by atoms with Crippen LogP contribution in [0.5, 0.6) is 0 Å². The Labute approximate surface area is 204 Å². The van der Waals surface area contributed by atoms with Gasteiger partial charge in [-0.25, -0.2) is 14.0 Å². The first-order valence-electron chi connectivity index (χ1n) is 11.0. The zero-order valence-electron chi connectivity index (χ0n) is 18.4. The third kappa shape index (κ3) is 4.44. The molecular formula is C24H21ClFN5O4. The summed E-state index contributed by atoms with van der Waals surface area (Å²) in [5.74, 6) is -1.94. The first-order valence-corrected chi connectivity index (χ1v) is 11.4. The van der Waals surface area contributed by atoms with E-state index in [1.54, 1.807) is 22.9 Å². The number of carbonyl (C=O) groups is 3. The van der Waals surface area contributed by atoms with E-state index in [0.29, 0.717) is 42.9 Å². The molecular weight excluding hydrogens is 477 g/mol. The SMILES string of the molecule is O=C(O)c1cccc(C2(NC(=O)c3cnn4c3CN(C(=O)Nc3ccc(F)c(Cl)c3)CC4)CC2)c1. The molecule has 11 heteroatoms. The van der Waals surface area contributed by atoms with Gasteiger partial charge in [-0.3, -0.25) is 9.48 Å². The molecule has 1 aliphatic carbocycles. The van der Waals surface area contributed by atoms with Crippen LogP contribution in [-0.2, 0) is 18.6 Å². The molecule has 35 heavy (non-hydrogen) atoms. The Balaban J connectivity index is 1.30.